The number of amides is 1. The van der Waals surface area contributed by atoms with Gasteiger partial charge in [0.1, 0.15) is 12.4 Å². The second-order valence-corrected chi connectivity index (χ2v) is 7.79. The number of carbonyl (C=O) groups excluding carboxylic acids is 1. The molecule has 140 valence electrons. The number of anilines is 1. The van der Waals surface area contributed by atoms with Gasteiger partial charge in [0.25, 0.3) is 0 Å². The first-order valence-corrected chi connectivity index (χ1v) is 10.1. The number of thioether (sulfide) groups is 1. The molecule has 3 aromatic rings. The van der Waals surface area contributed by atoms with E-state index in [1.165, 1.54) is 11.8 Å². The molecule has 0 aliphatic carbocycles. The predicted molar refractivity (Wildman–Crippen MR) is 110 cm³/mol. The number of nitrogens with zero attached hydrogens (tertiary/aromatic N) is 3. The number of carbonyl (C=O) groups is 1. The largest absolute Gasteiger partial charge is 0.486 e. The quantitative estimate of drug-likeness (QED) is 0.517. The van der Waals surface area contributed by atoms with Crippen molar-refractivity contribution in [1.82, 2.24) is 14.8 Å². The molecular weight excluding hydrogens is 452 g/mol. The van der Waals surface area contributed by atoms with Crippen LogP contribution in [-0.4, -0.2) is 26.4 Å². The summed E-state index contributed by atoms with van der Waals surface area (Å²) in [6.45, 7) is 0.300. The van der Waals surface area contributed by atoms with Crippen LogP contribution < -0.4 is 10.1 Å². The van der Waals surface area contributed by atoms with Crippen molar-refractivity contribution in [2.45, 2.75) is 11.8 Å². The van der Waals surface area contributed by atoms with Crippen molar-refractivity contribution in [2.24, 2.45) is 7.05 Å². The SMILES string of the molecule is Cn1c(COc2ccccc2)nnc1SCC(=O)Nc1ccc(Br)cc1Cl. The Morgan fingerprint density at radius 2 is 2.04 bits per heavy atom. The van der Waals surface area contributed by atoms with E-state index in [-0.39, 0.29) is 11.7 Å². The van der Waals surface area contributed by atoms with Crippen molar-refractivity contribution in [2.75, 3.05) is 11.1 Å². The lowest BCUT2D eigenvalue weighted by Crippen LogP contribution is -2.15. The summed E-state index contributed by atoms with van der Waals surface area (Å²) < 4.78 is 8.35. The maximum atomic E-state index is 12.2. The zero-order chi connectivity index (χ0) is 19.2. The Hall–Kier alpha value is -2.03. The van der Waals surface area contributed by atoms with Crippen LogP contribution in [0.5, 0.6) is 5.75 Å². The number of ether oxygens (including phenoxy) is 1. The number of benzene rings is 2. The second kappa shape index (κ2) is 9.25. The fraction of sp³-hybridized carbons (Fsp3) is 0.167. The van der Waals surface area contributed by atoms with Gasteiger partial charge >= 0.3 is 0 Å². The van der Waals surface area contributed by atoms with Crippen molar-refractivity contribution in [3.63, 3.8) is 0 Å². The van der Waals surface area contributed by atoms with Gasteiger partial charge in [-0.2, -0.15) is 0 Å². The third-order valence-corrected chi connectivity index (χ3v) is 5.40. The van der Waals surface area contributed by atoms with Crippen LogP contribution in [0.3, 0.4) is 0 Å². The summed E-state index contributed by atoms with van der Waals surface area (Å²) in [7, 11) is 1.84. The van der Waals surface area contributed by atoms with Crippen LogP contribution in [0.15, 0.2) is 58.2 Å². The highest BCUT2D eigenvalue weighted by molar-refractivity contribution is 9.10. The number of rotatable bonds is 7. The Labute approximate surface area is 174 Å². The lowest BCUT2D eigenvalue weighted by Gasteiger charge is -2.08. The fourth-order valence-corrected chi connectivity index (χ4v) is 3.62. The number of hydrogen-bond donors (Lipinski definition) is 1. The highest BCUT2D eigenvalue weighted by Gasteiger charge is 2.13. The van der Waals surface area contributed by atoms with Gasteiger partial charge in [-0.1, -0.05) is 57.5 Å². The standard InChI is InChI=1S/C18H16BrClN4O2S/c1-24-16(10-26-13-5-3-2-4-6-13)22-23-18(24)27-11-17(25)21-15-8-7-12(19)9-14(15)20/h2-9H,10-11H2,1H3,(H,21,25). The molecule has 0 unspecified atom stereocenters. The number of nitrogens with one attached hydrogen (secondary N) is 1. The van der Waals surface area contributed by atoms with Crippen LogP contribution in [0.25, 0.3) is 0 Å². The summed E-state index contributed by atoms with van der Waals surface area (Å²) in [5.74, 6) is 1.46. The van der Waals surface area contributed by atoms with E-state index in [0.29, 0.717) is 28.3 Å². The van der Waals surface area contributed by atoms with E-state index < -0.39 is 0 Å². The molecule has 0 spiro atoms. The molecule has 0 atom stereocenters. The van der Waals surface area contributed by atoms with E-state index in [0.717, 1.165) is 10.2 Å². The minimum atomic E-state index is -0.172. The van der Waals surface area contributed by atoms with Crippen LogP contribution in [0.1, 0.15) is 5.82 Å². The van der Waals surface area contributed by atoms with Crippen molar-refractivity contribution in [1.29, 1.82) is 0 Å². The van der Waals surface area contributed by atoms with Gasteiger partial charge in [-0.15, -0.1) is 10.2 Å². The van der Waals surface area contributed by atoms with Gasteiger partial charge in [0.05, 0.1) is 16.5 Å². The highest BCUT2D eigenvalue weighted by Crippen LogP contribution is 2.26. The van der Waals surface area contributed by atoms with Crippen LogP contribution in [-0.2, 0) is 18.4 Å². The van der Waals surface area contributed by atoms with E-state index in [1.54, 1.807) is 12.1 Å². The van der Waals surface area contributed by atoms with E-state index in [2.05, 4.69) is 31.4 Å². The molecule has 1 aromatic heterocycles. The summed E-state index contributed by atoms with van der Waals surface area (Å²) in [6, 6.07) is 14.8. The molecule has 9 heteroatoms. The maximum absolute atomic E-state index is 12.2. The molecule has 0 radical (unpaired) electrons. The molecule has 0 saturated heterocycles. The lowest BCUT2D eigenvalue weighted by atomic mass is 10.3. The molecule has 6 nitrogen and oxygen atoms in total. The molecule has 3 rings (SSSR count). The topological polar surface area (TPSA) is 69.0 Å². The third-order valence-electron chi connectivity index (χ3n) is 3.57. The second-order valence-electron chi connectivity index (χ2n) is 5.52. The van der Waals surface area contributed by atoms with Gasteiger partial charge in [0, 0.05) is 11.5 Å². The molecule has 0 saturated carbocycles. The number of hydrogen-bond acceptors (Lipinski definition) is 5. The first-order valence-electron chi connectivity index (χ1n) is 7.97. The first-order chi connectivity index (χ1) is 13.0. The number of halogens is 2. The van der Waals surface area contributed by atoms with Gasteiger partial charge < -0.3 is 14.6 Å². The molecule has 27 heavy (non-hydrogen) atoms. The molecule has 0 aliphatic heterocycles. The first kappa shape index (κ1) is 19.7. The lowest BCUT2D eigenvalue weighted by molar-refractivity contribution is -0.113. The van der Waals surface area contributed by atoms with E-state index in [1.807, 2.05) is 48.0 Å². The van der Waals surface area contributed by atoms with Crippen LogP contribution in [0, 0.1) is 0 Å². The van der Waals surface area contributed by atoms with Gasteiger partial charge in [-0.05, 0) is 30.3 Å². The van der Waals surface area contributed by atoms with Gasteiger partial charge in [0.15, 0.2) is 11.0 Å². The Morgan fingerprint density at radius 1 is 1.26 bits per heavy atom. The minimum absolute atomic E-state index is 0.172. The number of para-hydroxylation sites is 1. The zero-order valence-electron chi connectivity index (χ0n) is 14.4. The zero-order valence-corrected chi connectivity index (χ0v) is 17.5. The summed E-state index contributed by atoms with van der Waals surface area (Å²) in [4.78, 5) is 12.2. The van der Waals surface area contributed by atoms with Crippen molar-refractivity contribution in [3.05, 3.63) is 63.9 Å². The van der Waals surface area contributed by atoms with Gasteiger partial charge in [-0.3, -0.25) is 4.79 Å². The van der Waals surface area contributed by atoms with E-state index in [9.17, 15) is 4.79 Å². The minimum Gasteiger partial charge on any atom is -0.486 e. The van der Waals surface area contributed by atoms with Crippen LogP contribution in [0.4, 0.5) is 5.69 Å². The van der Waals surface area contributed by atoms with Crippen molar-refractivity contribution < 1.29 is 9.53 Å². The summed E-state index contributed by atoms with van der Waals surface area (Å²) >= 11 is 10.7. The van der Waals surface area contributed by atoms with E-state index in [4.69, 9.17) is 16.3 Å². The average Bonchev–Trinajstić information content (AvgIpc) is 3.01. The molecule has 0 aliphatic rings. The molecule has 1 N–H and O–H groups in total. The smallest absolute Gasteiger partial charge is 0.234 e. The number of aromatic nitrogens is 3. The molecule has 1 amide bonds. The fourth-order valence-electron chi connectivity index (χ4n) is 2.17. The maximum Gasteiger partial charge on any atom is 0.234 e. The Bertz CT molecular complexity index is 936. The summed E-state index contributed by atoms with van der Waals surface area (Å²) in [5, 5.41) is 12.1. The Balaban J connectivity index is 1.53. The molecule has 0 fully saturated rings. The summed E-state index contributed by atoms with van der Waals surface area (Å²) in [5.41, 5.74) is 0.570. The summed E-state index contributed by atoms with van der Waals surface area (Å²) in [6.07, 6.45) is 0. The average molecular weight is 468 g/mol. The molecule has 1 heterocycles. The predicted octanol–water partition coefficient (Wildman–Crippen LogP) is 4.54. The molecule has 2 aromatic carbocycles. The Kier molecular flexibility index (Phi) is 6.76. The monoisotopic (exact) mass is 466 g/mol. The van der Waals surface area contributed by atoms with Crippen LogP contribution in [0.2, 0.25) is 5.02 Å². The van der Waals surface area contributed by atoms with Gasteiger partial charge in [0.2, 0.25) is 5.91 Å². The van der Waals surface area contributed by atoms with Crippen LogP contribution >= 0.6 is 39.3 Å². The molecule has 0 bridgehead atoms. The molecular formula is C18H16BrClN4O2S. The highest BCUT2D eigenvalue weighted by atomic mass is 79.9. The van der Waals surface area contributed by atoms with Crippen molar-refractivity contribution in [3.8, 4) is 5.75 Å². The van der Waals surface area contributed by atoms with Gasteiger partial charge in [-0.25, -0.2) is 0 Å². The Morgan fingerprint density at radius 3 is 2.78 bits per heavy atom. The van der Waals surface area contributed by atoms with Crippen molar-refractivity contribution >= 4 is 50.9 Å². The normalized spacial score (nSPS) is 10.6. The third kappa shape index (κ3) is 5.47. The van der Waals surface area contributed by atoms with E-state index >= 15 is 0 Å².